The van der Waals surface area contributed by atoms with Gasteiger partial charge >= 0.3 is 0 Å². The number of aryl methyl sites for hydroxylation is 2. The van der Waals surface area contributed by atoms with E-state index in [1.54, 1.807) is 12.1 Å². The van der Waals surface area contributed by atoms with Gasteiger partial charge in [-0.1, -0.05) is 12.1 Å². The van der Waals surface area contributed by atoms with Gasteiger partial charge in [0, 0.05) is 17.2 Å². The number of hydrogen-bond donors (Lipinski definition) is 1. The minimum atomic E-state index is -3.18. The number of carbonyl (C=O) groups excluding carboxylic acids is 1. The Labute approximate surface area is 141 Å². The lowest BCUT2D eigenvalue weighted by Crippen LogP contribution is -2.35. The van der Waals surface area contributed by atoms with E-state index < -0.39 is 15.9 Å². The van der Waals surface area contributed by atoms with Crippen LogP contribution in [0.15, 0.2) is 48.0 Å². The van der Waals surface area contributed by atoms with Gasteiger partial charge in [-0.2, -0.15) is 0 Å². The second-order valence-electron chi connectivity index (χ2n) is 5.97. The fourth-order valence-corrected chi connectivity index (χ4v) is 3.75. The van der Waals surface area contributed by atoms with Crippen LogP contribution in [0.3, 0.4) is 0 Å². The van der Waals surface area contributed by atoms with E-state index in [1.807, 2.05) is 19.1 Å². The lowest BCUT2D eigenvalue weighted by Gasteiger charge is -2.10. The molecule has 0 fully saturated rings. The van der Waals surface area contributed by atoms with Crippen LogP contribution in [0, 0.1) is 13.8 Å². The minimum Gasteiger partial charge on any atom is -0.345 e. The molecule has 6 heteroatoms. The molecule has 0 spiro atoms. The summed E-state index contributed by atoms with van der Waals surface area (Å²) in [5, 5.41) is 3.82. The van der Waals surface area contributed by atoms with Crippen molar-refractivity contribution in [3.05, 3.63) is 64.7 Å². The van der Waals surface area contributed by atoms with E-state index in [0.717, 1.165) is 16.7 Å². The van der Waals surface area contributed by atoms with Crippen molar-refractivity contribution in [1.82, 2.24) is 10.3 Å². The number of carbonyl (C=O) groups is 1. The summed E-state index contributed by atoms with van der Waals surface area (Å²) < 4.78 is 22.7. The predicted molar refractivity (Wildman–Crippen MR) is 93.3 cm³/mol. The Balaban J connectivity index is 1.73. The molecule has 1 N–H and O–H groups in total. The zero-order valence-electron chi connectivity index (χ0n) is 13.5. The van der Waals surface area contributed by atoms with E-state index in [4.69, 9.17) is 0 Å². The van der Waals surface area contributed by atoms with Gasteiger partial charge in [0.15, 0.2) is 9.84 Å². The van der Waals surface area contributed by atoms with E-state index in [1.165, 1.54) is 23.4 Å². The van der Waals surface area contributed by atoms with Gasteiger partial charge in [-0.3, -0.25) is 9.78 Å². The van der Waals surface area contributed by atoms with Crippen molar-refractivity contribution in [3.63, 3.8) is 0 Å². The standard InChI is InChI=1S/C18H18N2O3S/c1-12-3-4-14(9-13(12)2)17-6-5-15(10-19-17)18(21)20-16-7-8-24(22,23)11-16/h3-10,16H,11H2,1-2H3,(H,20,21). The zero-order chi connectivity index (χ0) is 17.3. The average molecular weight is 342 g/mol. The van der Waals surface area contributed by atoms with Crippen molar-refractivity contribution in [2.75, 3.05) is 5.75 Å². The number of sulfone groups is 1. The number of pyridine rings is 1. The molecule has 1 aromatic carbocycles. The molecular formula is C18H18N2O3S. The Kier molecular flexibility index (Phi) is 4.24. The molecule has 1 aliphatic rings. The monoisotopic (exact) mass is 342 g/mol. The Bertz CT molecular complexity index is 916. The van der Waals surface area contributed by atoms with Crippen LogP contribution >= 0.6 is 0 Å². The van der Waals surface area contributed by atoms with Gasteiger partial charge < -0.3 is 5.32 Å². The highest BCUT2D eigenvalue weighted by molar-refractivity contribution is 7.94. The first-order chi connectivity index (χ1) is 11.3. The molecule has 3 rings (SSSR count). The predicted octanol–water partition coefficient (Wildman–Crippen LogP) is 2.41. The third-order valence-electron chi connectivity index (χ3n) is 4.07. The molecule has 24 heavy (non-hydrogen) atoms. The first-order valence-corrected chi connectivity index (χ1v) is 9.31. The number of hydrogen-bond acceptors (Lipinski definition) is 4. The summed E-state index contributed by atoms with van der Waals surface area (Å²) in [4.78, 5) is 16.5. The zero-order valence-corrected chi connectivity index (χ0v) is 14.3. The number of rotatable bonds is 3. The molecule has 2 heterocycles. The smallest absolute Gasteiger partial charge is 0.253 e. The molecule has 0 aliphatic carbocycles. The van der Waals surface area contributed by atoms with Crippen LogP contribution < -0.4 is 5.32 Å². The molecule has 1 unspecified atom stereocenters. The summed E-state index contributed by atoms with van der Waals surface area (Å²) in [6.45, 7) is 4.10. The van der Waals surface area contributed by atoms with Crippen molar-refractivity contribution in [2.24, 2.45) is 0 Å². The van der Waals surface area contributed by atoms with Gasteiger partial charge in [0.25, 0.3) is 5.91 Å². The molecule has 2 aromatic rings. The van der Waals surface area contributed by atoms with E-state index in [0.29, 0.717) is 5.56 Å². The lowest BCUT2D eigenvalue weighted by atomic mass is 10.0. The maximum atomic E-state index is 12.2. The highest BCUT2D eigenvalue weighted by Gasteiger charge is 2.23. The van der Waals surface area contributed by atoms with Gasteiger partial charge in [0.1, 0.15) is 0 Å². The van der Waals surface area contributed by atoms with Crippen molar-refractivity contribution in [2.45, 2.75) is 19.9 Å². The molecule has 0 saturated heterocycles. The first-order valence-electron chi connectivity index (χ1n) is 7.59. The van der Waals surface area contributed by atoms with E-state index >= 15 is 0 Å². The van der Waals surface area contributed by atoms with Crippen LogP contribution in [0.1, 0.15) is 21.5 Å². The summed E-state index contributed by atoms with van der Waals surface area (Å²) in [5.41, 5.74) is 4.59. The molecule has 1 aliphatic heterocycles. The largest absolute Gasteiger partial charge is 0.345 e. The third kappa shape index (κ3) is 3.54. The second kappa shape index (κ2) is 6.20. The van der Waals surface area contributed by atoms with Crippen LogP contribution in [0.2, 0.25) is 0 Å². The van der Waals surface area contributed by atoms with Gasteiger partial charge in [-0.15, -0.1) is 0 Å². The van der Waals surface area contributed by atoms with Crippen LogP contribution in [0.25, 0.3) is 11.3 Å². The summed E-state index contributed by atoms with van der Waals surface area (Å²) in [6, 6.07) is 9.10. The molecule has 0 saturated carbocycles. The fraction of sp³-hybridized carbons (Fsp3) is 0.222. The quantitative estimate of drug-likeness (QED) is 0.929. The van der Waals surface area contributed by atoms with Crippen LogP contribution in [0.5, 0.6) is 0 Å². The second-order valence-corrected chi connectivity index (χ2v) is 7.90. The molecule has 1 amide bonds. The molecule has 124 valence electrons. The molecule has 0 bridgehead atoms. The summed E-state index contributed by atoms with van der Waals surface area (Å²) in [7, 11) is -3.18. The topological polar surface area (TPSA) is 76.1 Å². The minimum absolute atomic E-state index is 0.0904. The van der Waals surface area contributed by atoms with Crippen LogP contribution in [-0.2, 0) is 9.84 Å². The van der Waals surface area contributed by atoms with Crippen molar-refractivity contribution < 1.29 is 13.2 Å². The Morgan fingerprint density at radius 1 is 1.17 bits per heavy atom. The third-order valence-corrected chi connectivity index (χ3v) is 5.47. The molecule has 0 radical (unpaired) electrons. The summed E-state index contributed by atoms with van der Waals surface area (Å²) in [6.07, 6.45) is 3.00. The van der Waals surface area contributed by atoms with Gasteiger partial charge in [-0.25, -0.2) is 8.42 Å². The van der Waals surface area contributed by atoms with Gasteiger partial charge in [-0.05, 0) is 49.2 Å². The van der Waals surface area contributed by atoms with Crippen LogP contribution in [-0.4, -0.2) is 31.1 Å². The molecule has 1 aromatic heterocycles. The van der Waals surface area contributed by atoms with Crippen molar-refractivity contribution >= 4 is 15.7 Å². The fourth-order valence-electron chi connectivity index (χ4n) is 2.52. The van der Waals surface area contributed by atoms with E-state index in [-0.39, 0.29) is 11.7 Å². The number of aromatic nitrogens is 1. The number of nitrogens with zero attached hydrogens (tertiary/aromatic N) is 1. The lowest BCUT2D eigenvalue weighted by molar-refractivity contribution is 0.0947. The normalized spacial score (nSPS) is 18.5. The highest BCUT2D eigenvalue weighted by atomic mass is 32.2. The van der Waals surface area contributed by atoms with E-state index in [2.05, 4.69) is 23.3 Å². The van der Waals surface area contributed by atoms with Crippen molar-refractivity contribution in [3.8, 4) is 11.3 Å². The Hall–Kier alpha value is -2.47. The number of amides is 1. The SMILES string of the molecule is Cc1ccc(-c2ccc(C(=O)NC3C=CS(=O)(=O)C3)cn2)cc1C. The Morgan fingerprint density at radius 2 is 1.96 bits per heavy atom. The molecule has 5 nitrogen and oxygen atoms in total. The molecular weight excluding hydrogens is 324 g/mol. The van der Waals surface area contributed by atoms with Crippen LogP contribution in [0.4, 0.5) is 0 Å². The summed E-state index contributed by atoms with van der Waals surface area (Å²) >= 11 is 0. The average Bonchev–Trinajstić information content (AvgIpc) is 2.89. The van der Waals surface area contributed by atoms with Gasteiger partial charge in [0.2, 0.25) is 0 Å². The Morgan fingerprint density at radius 3 is 2.54 bits per heavy atom. The van der Waals surface area contributed by atoms with Crippen molar-refractivity contribution in [1.29, 1.82) is 0 Å². The first kappa shape index (κ1) is 16.4. The number of nitrogens with one attached hydrogen (secondary N) is 1. The maximum absolute atomic E-state index is 12.2. The summed E-state index contributed by atoms with van der Waals surface area (Å²) in [5.74, 6) is -0.423. The van der Waals surface area contributed by atoms with E-state index in [9.17, 15) is 13.2 Å². The number of benzene rings is 1. The highest BCUT2D eigenvalue weighted by Crippen LogP contribution is 2.20. The maximum Gasteiger partial charge on any atom is 0.253 e. The van der Waals surface area contributed by atoms with Gasteiger partial charge in [0.05, 0.1) is 23.1 Å². The molecule has 1 atom stereocenters.